The van der Waals surface area contributed by atoms with Gasteiger partial charge in [0.2, 0.25) is 11.8 Å². The zero-order valence-corrected chi connectivity index (χ0v) is 11.5. The van der Waals surface area contributed by atoms with E-state index in [1.54, 1.807) is 0 Å². The summed E-state index contributed by atoms with van der Waals surface area (Å²) in [6.07, 6.45) is 5.51. The average Bonchev–Trinajstić information content (AvgIpc) is 2.62. The van der Waals surface area contributed by atoms with E-state index in [1.165, 1.54) is 4.90 Å². The van der Waals surface area contributed by atoms with Crippen LogP contribution in [0.3, 0.4) is 0 Å². The third kappa shape index (κ3) is 2.92. The van der Waals surface area contributed by atoms with Crippen molar-refractivity contribution in [3.8, 4) is 0 Å². The van der Waals surface area contributed by atoms with E-state index in [9.17, 15) is 14.4 Å². The van der Waals surface area contributed by atoms with Gasteiger partial charge in [-0.1, -0.05) is 12.2 Å². The summed E-state index contributed by atoms with van der Waals surface area (Å²) in [5.41, 5.74) is 0. The predicted molar refractivity (Wildman–Crippen MR) is 70.3 cm³/mol. The number of Topliss-reactive ketones (excluding diaryl/α,β-unsaturated/α-hetero) is 1. The van der Waals surface area contributed by atoms with Gasteiger partial charge in [0.1, 0.15) is 0 Å². The van der Waals surface area contributed by atoms with Gasteiger partial charge in [0.25, 0.3) is 0 Å². The van der Waals surface area contributed by atoms with Crippen LogP contribution < -0.4 is 0 Å². The first kappa shape index (κ1) is 13.9. The molecule has 2 atom stereocenters. The summed E-state index contributed by atoms with van der Waals surface area (Å²) < 4.78 is 0. The lowest BCUT2D eigenvalue weighted by atomic mass is 9.85. The van der Waals surface area contributed by atoms with Crippen molar-refractivity contribution in [3.63, 3.8) is 0 Å². The van der Waals surface area contributed by atoms with E-state index < -0.39 is 0 Å². The van der Waals surface area contributed by atoms with Crippen molar-refractivity contribution in [3.05, 3.63) is 12.2 Å². The van der Waals surface area contributed by atoms with Crippen molar-refractivity contribution >= 4 is 17.6 Å². The van der Waals surface area contributed by atoms with Crippen molar-refractivity contribution in [2.45, 2.75) is 19.3 Å². The van der Waals surface area contributed by atoms with E-state index in [0.29, 0.717) is 25.8 Å². The van der Waals surface area contributed by atoms with Crippen molar-refractivity contribution in [1.82, 2.24) is 9.80 Å². The first-order valence-electron chi connectivity index (χ1n) is 6.67. The smallest absolute Gasteiger partial charge is 0.233 e. The Hall–Kier alpha value is -1.49. The van der Waals surface area contributed by atoms with Crippen LogP contribution in [0.5, 0.6) is 0 Å². The van der Waals surface area contributed by atoms with Crippen LogP contribution in [0.15, 0.2) is 12.2 Å². The van der Waals surface area contributed by atoms with E-state index in [0.717, 1.165) is 0 Å². The Labute approximate surface area is 113 Å². The van der Waals surface area contributed by atoms with Crippen LogP contribution in [0.2, 0.25) is 0 Å². The maximum absolute atomic E-state index is 12.1. The zero-order valence-electron chi connectivity index (χ0n) is 11.5. The van der Waals surface area contributed by atoms with Crippen LogP contribution >= 0.6 is 0 Å². The number of hydrogen-bond donors (Lipinski definition) is 0. The molecule has 1 aliphatic carbocycles. The first-order chi connectivity index (χ1) is 9.00. The maximum atomic E-state index is 12.1. The predicted octanol–water partition coefficient (Wildman–Crippen LogP) is 0.458. The van der Waals surface area contributed by atoms with Crippen molar-refractivity contribution in [1.29, 1.82) is 0 Å². The largest absolute Gasteiger partial charge is 0.309 e. The topological polar surface area (TPSA) is 57.7 Å². The van der Waals surface area contributed by atoms with Gasteiger partial charge in [-0.2, -0.15) is 0 Å². The van der Waals surface area contributed by atoms with E-state index in [4.69, 9.17) is 0 Å². The second-order valence-electron chi connectivity index (χ2n) is 5.51. The molecular formula is C14H20N2O3. The molecule has 0 radical (unpaired) electrons. The lowest BCUT2D eigenvalue weighted by Gasteiger charge is -2.14. The highest BCUT2D eigenvalue weighted by Crippen LogP contribution is 2.34. The minimum atomic E-state index is -0.237. The summed E-state index contributed by atoms with van der Waals surface area (Å²) in [6, 6.07) is 0. The second-order valence-corrected chi connectivity index (χ2v) is 5.51. The number of likely N-dealkylation sites (tertiary alicyclic amines) is 1. The lowest BCUT2D eigenvalue weighted by molar-refractivity contribution is -0.143. The monoisotopic (exact) mass is 264 g/mol. The number of nitrogens with zero attached hydrogens (tertiary/aromatic N) is 2. The molecule has 19 heavy (non-hydrogen) atoms. The Balaban J connectivity index is 1.96. The molecule has 1 aliphatic heterocycles. The van der Waals surface area contributed by atoms with Crippen LogP contribution in [0.25, 0.3) is 0 Å². The Morgan fingerprint density at radius 1 is 1.21 bits per heavy atom. The number of allylic oxidation sites excluding steroid dienone is 2. The SMILES string of the molecule is CN(C)CCC(=O)CN1C(=O)C2CC=CCC2C1=O. The summed E-state index contributed by atoms with van der Waals surface area (Å²) >= 11 is 0. The summed E-state index contributed by atoms with van der Waals surface area (Å²) in [7, 11) is 3.78. The summed E-state index contributed by atoms with van der Waals surface area (Å²) in [4.78, 5) is 39.2. The van der Waals surface area contributed by atoms with E-state index >= 15 is 0 Å². The van der Waals surface area contributed by atoms with Crippen molar-refractivity contribution < 1.29 is 14.4 Å². The van der Waals surface area contributed by atoms with Crippen LogP contribution in [0, 0.1) is 11.8 Å². The molecule has 104 valence electrons. The standard InChI is InChI=1S/C14H20N2O3/c1-15(2)8-7-10(17)9-16-13(18)11-5-3-4-6-12(11)14(16)19/h3-4,11-12H,5-9H2,1-2H3. The van der Waals surface area contributed by atoms with Gasteiger partial charge in [0.05, 0.1) is 18.4 Å². The van der Waals surface area contributed by atoms with Gasteiger partial charge in [-0.15, -0.1) is 0 Å². The Morgan fingerprint density at radius 3 is 2.21 bits per heavy atom. The van der Waals surface area contributed by atoms with Gasteiger partial charge in [0, 0.05) is 13.0 Å². The Morgan fingerprint density at radius 2 is 1.74 bits per heavy atom. The second kappa shape index (κ2) is 5.65. The van der Waals surface area contributed by atoms with Gasteiger partial charge < -0.3 is 4.90 Å². The third-order valence-electron chi connectivity index (χ3n) is 3.77. The highest BCUT2D eigenvalue weighted by Gasteiger charge is 2.47. The summed E-state index contributed by atoms with van der Waals surface area (Å²) in [5, 5.41) is 0. The molecule has 5 nitrogen and oxygen atoms in total. The van der Waals surface area contributed by atoms with E-state index in [1.807, 2.05) is 31.1 Å². The van der Waals surface area contributed by atoms with Gasteiger partial charge in [-0.25, -0.2) is 0 Å². The average molecular weight is 264 g/mol. The first-order valence-corrected chi connectivity index (χ1v) is 6.67. The number of hydrogen-bond acceptors (Lipinski definition) is 4. The number of rotatable bonds is 5. The quantitative estimate of drug-likeness (QED) is 0.534. The highest BCUT2D eigenvalue weighted by molar-refractivity contribution is 6.07. The molecule has 1 heterocycles. The zero-order chi connectivity index (χ0) is 14.0. The summed E-state index contributed by atoms with van der Waals surface area (Å²) in [5.74, 6) is -0.865. The van der Waals surface area contributed by atoms with Crippen molar-refractivity contribution in [2.75, 3.05) is 27.2 Å². The Bertz CT molecular complexity index is 402. The molecule has 0 spiro atoms. The number of amides is 2. The number of carbonyl (C=O) groups excluding carboxylic acids is 3. The van der Waals surface area contributed by atoms with E-state index in [-0.39, 0.29) is 36.0 Å². The molecule has 1 saturated heterocycles. The molecule has 0 aromatic heterocycles. The maximum Gasteiger partial charge on any atom is 0.233 e. The molecule has 2 unspecified atom stereocenters. The molecule has 0 saturated carbocycles. The number of fused-ring (bicyclic) bond motifs is 1. The number of carbonyl (C=O) groups is 3. The fraction of sp³-hybridized carbons (Fsp3) is 0.643. The molecule has 0 aromatic carbocycles. The molecule has 2 aliphatic rings. The molecule has 0 bridgehead atoms. The molecule has 5 heteroatoms. The van der Waals surface area contributed by atoms with Crippen molar-refractivity contribution in [2.24, 2.45) is 11.8 Å². The molecule has 1 fully saturated rings. The molecular weight excluding hydrogens is 244 g/mol. The third-order valence-corrected chi connectivity index (χ3v) is 3.77. The van der Waals surface area contributed by atoms with Gasteiger partial charge in [0.15, 0.2) is 5.78 Å². The molecule has 2 amide bonds. The van der Waals surface area contributed by atoms with Crippen LogP contribution in [0.4, 0.5) is 0 Å². The summed E-state index contributed by atoms with van der Waals surface area (Å²) in [6.45, 7) is 0.585. The van der Waals surface area contributed by atoms with Gasteiger partial charge in [-0.3, -0.25) is 19.3 Å². The number of ketones is 1. The molecule has 2 rings (SSSR count). The fourth-order valence-corrected chi connectivity index (χ4v) is 2.63. The Kier molecular flexibility index (Phi) is 4.14. The fourth-order valence-electron chi connectivity index (χ4n) is 2.63. The van der Waals surface area contributed by atoms with Crippen LogP contribution in [0.1, 0.15) is 19.3 Å². The van der Waals surface area contributed by atoms with E-state index in [2.05, 4.69) is 0 Å². The molecule has 0 aromatic rings. The normalized spacial score (nSPS) is 26.2. The van der Waals surface area contributed by atoms with Crippen LogP contribution in [-0.2, 0) is 14.4 Å². The highest BCUT2D eigenvalue weighted by atomic mass is 16.2. The molecule has 0 N–H and O–H groups in total. The minimum Gasteiger partial charge on any atom is -0.309 e. The van der Waals surface area contributed by atoms with Crippen LogP contribution in [-0.4, -0.2) is 54.6 Å². The minimum absolute atomic E-state index is 0.0537. The number of imide groups is 1. The van der Waals surface area contributed by atoms with Gasteiger partial charge in [-0.05, 0) is 26.9 Å². The van der Waals surface area contributed by atoms with Gasteiger partial charge >= 0.3 is 0 Å². The lowest BCUT2D eigenvalue weighted by Crippen LogP contribution is -2.36.